The Bertz CT molecular complexity index is 1200. The molecule has 0 amide bonds. The van der Waals surface area contributed by atoms with Gasteiger partial charge in [0.15, 0.2) is 17.3 Å². The summed E-state index contributed by atoms with van der Waals surface area (Å²) in [4.78, 5) is 25.7. The molecule has 0 atom stereocenters. The Morgan fingerprint density at radius 1 is 1.00 bits per heavy atom. The maximum atomic E-state index is 12.5. The number of aromatic nitrogens is 1. The fourth-order valence-electron chi connectivity index (χ4n) is 5.14. The van der Waals surface area contributed by atoms with E-state index in [9.17, 15) is 9.59 Å². The smallest absolute Gasteiger partial charge is 0.303 e. The van der Waals surface area contributed by atoms with Crippen LogP contribution in [0.25, 0.3) is 16.6 Å². The third-order valence-corrected chi connectivity index (χ3v) is 6.92. The number of benzene rings is 2. The quantitative estimate of drug-likeness (QED) is 0.459. The van der Waals surface area contributed by atoms with Gasteiger partial charge in [0.05, 0.1) is 19.7 Å². The molecule has 1 fully saturated rings. The molecule has 0 radical (unpaired) electrons. The van der Waals surface area contributed by atoms with Gasteiger partial charge in [-0.2, -0.15) is 0 Å². The lowest BCUT2D eigenvalue weighted by molar-refractivity contribution is -0.137. The van der Waals surface area contributed by atoms with E-state index in [0.29, 0.717) is 23.0 Å². The third-order valence-electron chi connectivity index (χ3n) is 6.92. The van der Waals surface area contributed by atoms with Crippen LogP contribution in [0.3, 0.4) is 0 Å². The standard InChI is InChI=1S/C27H32N2O5/c1-17-27(18(2)30)22-15-24(33-3)25(34-4)16-23(22)29(17)21-8-6-20(7-9-21)28-13-11-19(12-14-28)5-10-26(31)32/h6-9,15-16,19H,5,10-14H2,1-4H3,(H,31,32). The molecule has 3 aromatic rings. The molecule has 0 aliphatic carbocycles. The zero-order chi connectivity index (χ0) is 24.4. The van der Waals surface area contributed by atoms with Crippen molar-refractivity contribution in [2.75, 3.05) is 32.2 Å². The van der Waals surface area contributed by atoms with Gasteiger partial charge in [-0.3, -0.25) is 9.59 Å². The summed E-state index contributed by atoms with van der Waals surface area (Å²) in [5.41, 5.74) is 4.59. The fraction of sp³-hybridized carbons (Fsp3) is 0.407. The maximum Gasteiger partial charge on any atom is 0.303 e. The van der Waals surface area contributed by atoms with Crippen LogP contribution in [-0.2, 0) is 4.79 Å². The van der Waals surface area contributed by atoms with Crippen molar-refractivity contribution in [2.24, 2.45) is 5.92 Å². The van der Waals surface area contributed by atoms with Gasteiger partial charge in [-0.25, -0.2) is 0 Å². The molecule has 0 spiro atoms. The van der Waals surface area contributed by atoms with Gasteiger partial charge in [-0.1, -0.05) is 0 Å². The van der Waals surface area contributed by atoms with E-state index >= 15 is 0 Å². The number of anilines is 1. The average molecular weight is 465 g/mol. The molecular weight excluding hydrogens is 432 g/mol. The number of aliphatic carboxylic acids is 1. The van der Waals surface area contributed by atoms with Crippen molar-refractivity contribution in [3.8, 4) is 17.2 Å². The van der Waals surface area contributed by atoms with Crippen molar-refractivity contribution < 1.29 is 24.2 Å². The van der Waals surface area contributed by atoms with Crippen LogP contribution in [0.4, 0.5) is 5.69 Å². The number of ketones is 1. The van der Waals surface area contributed by atoms with Crippen LogP contribution < -0.4 is 14.4 Å². The summed E-state index contributed by atoms with van der Waals surface area (Å²) >= 11 is 0. The van der Waals surface area contributed by atoms with Gasteiger partial charge in [0.1, 0.15) is 0 Å². The molecule has 1 aliphatic heterocycles. The number of ether oxygens (including phenoxy) is 2. The van der Waals surface area contributed by atoms with E-state index in [1.54, 1.807) is 21.1 Å². The molecule has 7 heteroatoms. The van der Waals surface area contributed by atoms with Crippen LogP contribution in [0.1, 0.15) is 48.7 Å². The number of carboxylic acids is 1. The van der Waals surface area contributed by atoms with Crippen LogP contribution in [0.5, 0.6) is 11.5 Å². The molecular formula is C27H32N2O5. The number of carbonyl (C=O) groups is 2. The summed E-state index contributed by atoms with van der Waals surface area (Å²) in [5, 5.41) is 9.77. The number of carbonyl (C=O) groups excluding carboxylic acids is 1. The molecule has 7 nitrogen and oxygen atoms in total. The van der Waals surface area contributed by atoms with E-state index < -0.39 is 5.97 Å². The number of hydrogen-bond donors (Lipinski definition) is 1. The largest absolute Gasteiger partial charge is 0.493 e. The second-order valence-corrected chi connectivity index (χ2v) is 8.96. The minimum atomic E-state index is -0.713. The number of piperidine rings is 1. The molecule has 1 aliphatic rings. The summed E-state index contributed by atoms with van der Waals surface area (Å²) in [6.45, 7) is 5.42. The topological polar surface area (TPSA) is 81.0 Å². The molecule has 2 heterocycles. The van der Waals surface area contributed by atoms with Crippen LogP contribution in [-0.4, -0.2) is 48.7 Å². The molecule has 1 saturated heterocycles. The first-order valence-electron chi connectivity index (χ1n) is 11.7. The van der Waals surface area contributed by atoms with E-state index in [2.05, 4.69) is 33.7 Å². The van der Waals surface area contributed by atoms with Gasteiger partial charge >= 0.3 is 5.97 Å². The maximum absolute atomic E-state index is 12.5. The molecule has 180 valence electrons. The molecule has 0 saturated carbocycles. The third kappa shape index (κ3) is 4.47. The van der Waals surface area contributed by atoms with Crippen molar-refractivity contribution in [3.05, 3.63) is 47.7 Å². The Morgan fingerprint density at radius 2 is 1.59 bits per heavy atom. The first kappa shape index (κ1) is 23.7. The van der Waals surface area contributed by atoms with E-state index in [-0.39, 0.29) is 12.2 Å². The lowest BCUT2D eigenvalue weighted by Crippen LogP contribution is -2.33. The average Bonchev–Trinajstić information content (AvgIpc) is 3.13. The number of fused-ring (bicyclic) bond motifs is 1. The predicted octanol–water partition coefficient (Wildman–Crippen LogP) is 5.24. The highest BCUT2D eigenvalue weighted by molar-refractivity contribution is 6.09. The van der Waals surface area contributed by atoms with E-state index in [0.717, 1.165) is 60.3 Å². The summed E-state index contributed by atoms with van der Waals surface area (Å²) in [6, 6.07) is 12.2. The summed E-state index contributed by atoms with van der Waals surface area (Å²) in [6.07, 6.45) is 3.04. The van der Waals surface area contributed by atoms with Gasteiger partial charge < -0.3 is 24.0 Å². The Balaban J connectivity index is 1.63. The summed E-state index contributed by atoms with van der Waals surface area (Å²) < 4.78 is 13.1. The number of hydrogen-bond acceptors (Lipinski definition) is 5. The second-order valence-electron chi connectivity index (χ2n) is 8.96. The van der Waals surface area contributed by atoms with Crippen LogP contribution >= 0.6 is 0 Å². The minimum absolute atomic E-state index is 0.0101. The van der Waals surface area contributed by atoms with Crippen LogP contribution in [0, 0.1) is 12.8 Å². The van der Waals surface area contributed by atoms with Crippen molar-refractivity contribution in [1.82, 2.24) is 4.57 Å². The van der Waals surface area contributed by atoms with Crippen LogP contribution in [0.15, 0.2) is 36.4 Å². The molecule has 4 rings (SSSR count). The Morgan fingerprint density at radius 3 is 2.15 bits per heavy atom. The Hall–Kier alpha value is -3.48. The molecule has 0 bridgehead atoms. The van der Waals surface area contributed by atoms with E-state index in [1.807, 2.05) is 19.1 Å². The number of Topliss-reactive ketones (excluding diaryl/α,β-unsaturated/α-hetero) is 1. The highest BCUT2D eigenvalue weighted by atomic mass is 16.5. The van der Waals surface area contributed by atoms with Crippen molar-refractivity contribution in [3.63, 3.8) is 0 Å². The van der Waals surface area contributed by atoms with E-state index in [1.165, 1.54) is 0 Å². The second kappa shape index (κ2) is 9.79. The lowest BCUT2D eigenvalue weighted by Gasteiger charge is -2.33. The van der Waals surface area contributed by atoms with Crippen molar-refractivity contribution in [1.29, 1.82) is 0 Å². The predicted molar refractivity (Wildman–Crippen MR) is 133 cm³/mol. The molecule has 1 aromatic heterocycles. The van der Waals surface area contributed by atoms with Crippen molar-refractivity contribution in [2.45, 2.75) is 39.5 Å². The van der Waals surface area contributed by atoms with Gasteiger partial charge in [0, 0.05) is 53.6 Å². The first-order valence-corrected chi connectivity index (χ1v) is 11.7. The zero-order valence-corrected chi connectivity index (χ0v) is 20.3. The molecule has 34 heavy (non-hydrogen) atoms. The number of carboxylic acid groups (broad SMARTS) is 1. The number of rotatable bonds is 8. The number of nitrogens with zero attached hydrogens (tertiary/aromatic N) is 2. The normalized spacial score (nSPS) is 14.4. The SMILES string of the molecule is COc1cc2c(C(C)=O)c(C)n(-c3ccc(N4CCC(CCC(=O)O)CC4)cc3)c2cc1OC. The highest BCUT2D eigenvalue weighted by Gasteiger charge is 2.23. The van der Waals surface area contributed by atoms with Crippen molar-refractivity contribution >= 4 is 28.3 Å². The molecule has 1 N–H and O–H groups in total. The first-order chi connectivity index (χ1) is 16.3. The summed E-state index contributed by atoms with van der Waals surface area (Å²) in [7, 11) is 3.20. The van der Waals surface area contributed by atoms with Crippen LogP contribution in [0.2, 0.25) is 0 Å². The van der Waals surface area contributed by atoms with Gasteiger partial charge in [0.2, 0.25) is 0 Å². The highest BCUT2D eigenvalue weighted by Crippen LogP contribution is 2.38. The Kier molecular flexibility index (Phi) is 6.82. The Labute approximate surface area is 199 Å². The lowest BCUT2D eigenvalue weighted by atomic mass is 9.92. The molecule has 2 aromatic carbocycles. The monoisotopic (exact) mass is 464 g/mol. The fourth-order valence-corrected chi connectivity index (χ4v) is 5.14. The van der Waals surface area contributed by atoms with Gasteiger partial charge in [-0.05, 0) is 69.4 Å². The van der Waals surface area contributed by atoms with E-state index in [4.69, 9.17) is 14.6 Å². The molecule has 0 unspecified atom stereocenters. The number of methoxy groups -OCH3 is 2. The minimum Gasteiger partial charge on any atom is -0.493 e. The zero-order valence-electron chi connectivity index (χ0n) is 20.3. The summed E-state index contributed by atoms with van der Waals surface area (Å²) in [5.74, 6) is 0.992. The van der Waals surface area contributed by atoms with Gasteiger partial charge in [0.25, 0.3) is 0 Å². The van der Waals surface area contributed by atoms with Gasteiger partial charge in [-0.15, -0.1) is 0 Å².